The number of nitrogens with one attached hydrogen (secondary N) is 1. The van der Waals surface area contributed by atoms with Crippen molar-refractivity contribution in [2.45, 2.75) is 20.4 Å². The van der Waals surface area contributed by atoms with Crippen molar-refractivity contribution < 1.29 is 4.74 Å². The van der Waals surface area contributed by atoms with Gasteiger partial charge in [-0.2, -0.15) is 5.10 Å². The number of aryl methyl sites for hydroxylation is 2. The van der Waals surface area contributed by atoms with Gasteiger partial charge in [-0.15, -0.1) is 0 Å². The second-order valence-corrected chi connectivity index (χ2v) is 4.22. The van der Waals surface area contributed by atoms with Crippen molar-refractivity contribution in [2.75, 3.05) is 11.9 Å². The minimum absolute atomic E-state index is 0.696. The molecule has 0 atom stereocenters. The Morgan fingerprint density at radius 3 is 2.56 bits per heavy atom. The molecule has 96 valence electrons. The first kappa shape index (κ1) is 12.5. The zero-order valence-corrected chi connectivity index (χ0v) is 11.1. The zero-order chi connectivity index (χ0) is 13.0. The number of hydrogen-bond donors (Lipinski definition) is 1. The van der Waals surface area contributed by atoms with E-state index in [-0.39, 0.29) is 0 Å². The molecule has 0 aliphatic carbocycles. The van der Waals surface area contributed by atoms with E-state index in [1.165, 1.54) is 5.56 Å². The van der Waals surface area contributed by atoms with E-state index in [0.717, 1.165) is 23.7 Å². The van der Waals surface area contributed by atoms with Crippen LogP contribution in [-0.2, 0) is 13.6 Å². The molecule has 18 heavy (non-hydrogen) atoms. The standard InChI is InChI=1S/C14H19N3O/c1-4-18-14-7-5-13(6-8-14)15-9-12-10-17(3)16-11(12)2/h5-8,10,15H,4,9H2,1-3H3. The van der Waals surface area contributed by atoms with Gasteiger partial charge >= 0.3 is 0 Å². The Hall–Kier alpha value is -1.97. The van der Waals surface area contributed by atoms with Crippen LogP contribution in [0, 0.1) is 6.92 Å². The highest BCUT2D eigenvalue weighted by Gasteiger charge is 2.02. The second-order valence-electron chi connectivity index (χ2n) is 4.22. The minimum atomic E-state index is 0.696. The van der Waals surface area contributed by atoms with E-state index >= 15 is 0 Å². The number of aromatic nitrogens is 2. The molecule has 0 aliphatic heterocycles. The summed E-state index contributed by atoms with van der Waals surface area (Å²) in [6.07, 6.45) is 2.04. The van der Waals surface area contributed by atoms with E-state index in [1.54, 1.807) is 0 Å². The third kappa shape index (κ3) is 3.03. The van der Waals surface area contributed by atoms with Crippen LogP contribution < -0.4 is 10.1 Å². The van der Waals surface area contributed by atoms with E-state index in [0.29, 0.717) is 6.61 Å². The Morgan fingerprint density at radius 2 is 2.00 bits per heavy atom. The highest BCUT2D eigenvalue weighted by atomic mass is 16.5. The van der Waals surface area contributed by atoms with Gasteiger partial charge in [-0.25, -0.2) is 0 Å². The van der Waals surface area contributed by atoms with Crippen LogP contribution in [0.15, 0.2) is 30.5 Å². The van der Waals surface area contributed by atoms with E-state index in [9.17, 15) is 0 Å². The van der Waals surface area contributed by atoms with Crippen LogP contribution in [0.25, 0.3) is 0 Å². The van der Waals surface area contributed by atoms with Crippen LogP contribution in [0.3, 0.4) is 0 Å². The van der Waals surface area contributed by atoms with E-state index < -0.39 is 0 Å². The first-order valence-electron chi connectivity index (χ1n) is 6.15. The highest BCUT2D eigenvalue weighted by Crippen LogP contribution is 2.16. The summed E-state index contributed by atoms with van der Waals surface area (Å²) >= 11 is 0. The molecule has 4 nitrogen and oxygen atoms in total. The largest absolute Gasteiger partial charge is 0.494 e. The lowest BCUT2D eigenvalue weighted by Crippen LogP contribution is -2.00. The molecule has 4 heteroatoms. The van der Waals surface area contributed by atoms with Crippen LogP contribution in [0.4, 0.5) is 5.69 Å². The van der Waals surface area contributed by atoms with Crippen LogP contribution in [0.1, 0.15) is 18.2 Å². The average molecular weight is 245 g/mol. The Kier molecular flexibility index (Phi) is 3.87. The van der Waals surface area contributed by atoms with E-state index in [4.69, 9.17) is 4.74 Å². The molecule has 1 heterocycles. The SMILES string of the molecule is CCOc1ccc(NCc2cn(C)nc2C)cc1. The van der Waals surface area contributed by atoms with Crippen molar-refractivity contribution in [3.63, 3.8) is 0 Å². The molecule has 0 unspecified atom stereocenters. The van der Waals surface area contributed by atoms with Crippen molar-refractivity contribution in [3.05, 3.63) is 41.7 Å². The normalized spacial score (nSPS) is 10.4. The van der Waals surface area contributed by atoms with Crippen molar-refractivity contribution in [1.29, 1.82) is 0 Å². The zero-order valence-electron chi connectivity index (χ0n) is 11.1. The first-order valence-corrected chi connectivity index (χ1v) is 6.15. The number of anilines is 1. The lowest BCUT2D eigenvalue weighted by Gasteiger charge is -2.07. The summed E-state index contributed by atoms with van der Waals surface area (Å²) in [6, 6.07) is 8.00. The van der Waals surface area contributed by atoms with E-state index in [1.807, 2.05) is 56.0 Å². The number of nitrogens with zero attached hydrogens (tertiary/aromatic N) is 2. The number of ether oxygens (including phenoxy) is 1. The van der Waals surface area contributed by atoms with Gasteiger partial charge in [0.15, 0.2) is 0 Å². The fraction of sp³-hybridized carbons (Fsp3) is 0.357. The predicted octanol–water partition coefficient (Wildman–Crippen LogP) is 2.74. The number of hydrogen-bond acceptors (Lipinski definition) is 3. The molecule has 2 rings (SSSR count). The molecular weight excluding hydrogens is 226 g/mol. The maximum absolute atomic E-state index is 5.40. The van der Waals surface area contributed by atoms with Gasteiger partial charge in [0.2, 0.25) is 0 Å². The average Bonchev–Trinajstić information content (AvgIpc) is 2.67. The Labute approximate surface area is 108 Å². The predicted molar refractivity (Wildman–Crippen MR) is 72.9 cm³/mol. The van der Waals surface area contributed by atoms with Crippen LogP contribution in [0.2, 0.25) is 0 Å². The van der Waals surface area contributed by atoms with Gasteiger partial charge in [0.05, 0.1) is 12.3 Å². The quantitative estimate of drug-likeness (QED) is 0.880. The summed E-state index contributed by atoms with van der Waals surface area (Å²) in [5, 5.41) is 7.69. The van der Waals surface area contributed by atoms with Crippen molar-refractivity contribution in [3.8, 4) is 5.75 Å². The summed E-state index contributed by atoms with van der Waals surface area (Å²) in [4.78, 5) is 0. The molecule has 2 aromatic rings. The van der Waals surface area contributed by atoms with E-state index in [2.05, 4.69) is 10.4 Å². The molecule has 0 saturated carbocycles. The Morgan fingerprint density at radius 1 is 1.28 bits per heavy atom. The minimum Gasteiger partial charge on any atom is -0.494 e. The lowest BCUT2D eigenvalue weighted by molar-refractivity contribution is 0.340. The van der Waals surface area contributed by atoms with Crippen LogP contribution in [-0.4, -0.2) is 16.4 Å². The fourth-order valence-corrected chi connectivity index (χ4v) is 1.86. The topological polar surface area (TPSA) is 39.1 Å². The summed E-state index contributed by atoms with van der Waals surface area (Å²) in [5.41, 5.74) is 3.36. The highest BCUT2D eigenvalue weighted by molar-refractivity contribution is 5.46. The molecule has 0 spiro atoms. The number of rotatable bonds is 5. The maximum Gasteiger partial charge on any atom is 0.119 e. The fourth-order valence-electron chi connectivity index (χ4n) is 1.86. The summed E-state index contributed by atoms with van der Waals surface area (Å²) in [6.45, 7) is 5.49. The van der Waals surface area contributed by atoms with Gasteiger partial charge in [-0.05, 0) is 38.1 Å². The molecule has 0 fully saturated rings. The monoisotopic (exact) mass is 245 g/mol. The Balaban J connectivity index is 1.95. The van der Waals surface area contributed by atoms with Gasteiger partial charge in [0, 0.05) is 31.0 Å². The first-order chi connectivity index (χ1) is 8.69. The molecule has 1 aromatic heterocycles. The van der Waals surface area contributed by atoms with Crippen LogP contribution >= 0.6 is 0 Å². The molecule has 0 aliphatic rings. The molecule has 0 bridgehead atoms. The lowest BCUT2D eigenvalue weighted by atomic mass is 10.2. The molecule has 0 radical (unpaired) electrons. The third-order valence-electron chi connectivity index (χ3n) is 2.76. The maximum atomic E-state index is 5.40. The molecule has 0 amide bonds. The molecule has 0 saturated heterocycles. The summed E-state index contributed by atoms with van der Waals surface area (Å²) in [5.74, 6) is 0.903. The third-order valence-corrected chi connectivity index (χ3v) is 2.76. The summed E-state index contributed by atoms with van der Waals surface area (Å²) < 4.78 is 7.24. The van der Waals surface area contributed by atoms with Gasteiger partial charge in [-0.3, -0.25) is 4.68 Å². The van der Waals surface area contributed by atoms with Crippen LogP contribution in [0.5, 0.6) is 5.75 Å². The summed E-state index contributed by atoms with van der Waals surface area (Å²) in [7, 11) is 1.94. The van der Waals surface area contributed by atoms with Gasteiger partial charge < -0.3 is 10.1 Å². The van der Waals surface area contributed by atoms with Gasteiger partial charge in [0.25, 0.3) is 0 Å². The van der Waals surface area contributed by atoms with Gasteiger partial charge in [0.1, 0.15) is 5.75 Å². The Bertz CT molecular complexity index is 502. The van der Waals surface area contributed by atoms with Crippen molar-refractivity contribution in [2.24, 2.45) is 7.05 Å². The smallest absolute Gasteiger partial charge is 0.119 e. The van der Waals surface area contributed by atoms with Crippen molar-refractivity contribution >= 4 is 5.69 Å². The molecular formula is C14H19N3O. The van der Waals surface area contributed by atoms with Crippen molar-refractivity contribution in [1.82, 2.24) is 9.78 Å². The molecule has 1 aromatic carbocycles. The second kappa shape index (κ2) is 5.58. The van der Waals surface area contributed by atoms with Gasteiger partial charge in [-0.1, -0.05) is 0 Å². The number of benzene rings is 1. The molecule has 1 N–H and O–H groups in total.